The van der Waals surface area contributed by atoms with Crippen molar-refractivity contribution in [2.24, 2.45) is 0 Å². The van der Waals surface area contributed by atoms with Gasteiger partial charge in [0.1, 0.15) is 0 Å². The van der Waals surface area contributed by atoms with Gasteiger partial charge in [-0.15, -0.1) is 0 Å². The van der Waals surface area contributed by atoms with Gasteiger partial charge in [0.2, 0.25) is 0 Å². The number of benzene rings is 1. The Morgan fingerprint density at radius 3 is 2.86 bits per heavy atom. The molecule has 0 saturated carbocycles. The fourth-order valence-electron chi connectivity index (χ4n) is 1.88. The van der Waals surface area contributed by atoms with E-state index in [1.54, 1.807) is 6.07 Å². The predicted molar refractivity (Wildman–Crippen MR) is 52.8 cm³/mol. The lowest BCUT2D eigenvalue weighted by molar-refractivity contribution is 0.0181. The number of rotatable bonds is 1. The first kappa shape index (κ1) is 9.44. The van der Waals surface area contributed by atoms with Crippen LogP contribution in [0.25, 0.3) is 0 Å². The van der Waals surface area contributed by atoms with E-state index in [1.165, 1.54) is 6.07 Å². The summed E-state index contributed by atoms with van der Waals surface area (Å²) in [5.74, 6) is -2.75. The molecule has 1 aliphatic rings. The fourth-order valence-corrected chi connectivity index (χ4v) is 1.88. The van der Waals surface area contributed by atoms with Gasteiger partial charge in [-0.05, 0) is 18.4 Å². The van der Waals surface area contributed by atoms with Crippen molar-refractivity contribution in [3.63, 3.8) is 0 Å². The van der Waals surface area contributed by atoms with Crippen molar-refractivity contribution < 1.29 is 8.78 Å². The van der Waals surface area contributed by atoms with Crippen LogP contribution in [0.4, 0.5) is 14.5 Å². The maximum absolute atomic E-state index is 13.2. The first-order valence-electron chi connectivity index (χ1n) is 4.83. The molecule has 1 N–H and O–H groups in total. The Morgan fingerprint density at radius 2 is 2.14 bits per heavy atom. The van der Waals surface area contributed by atoms with E-state index in [0.29, 0.717) is 5.69 Å². The standard InChI is InChI=1S/C11H13F2N/c1-11(12,13)9-6-2-4-8-5-3-7-14-10(8)9/h2,4,6,14H,3,5,7H2,1H3. The van der Waals surface area contributed by atoms with Gasteiger partial charge in [-0.2, -0.15) is 0 Å². The molecular weight excluding hydrogens is 184 g/mol. The molecule has 76 valence electrons. The molecule has 0 radical (unpaired) electrons. The number of alkyl halides is 2. The van der Waals surface area contributed by atoms with Gasteiger partial charge in [-0.25, -0.2) is 8.78 Å². The van der Waals surface area contributed by atoms with Crippen molar-refractivity contribution in [1.82, 2.24) is 0 Å². The molecule has 0 aromatic heterocycles. The normalized spacial score (nSPS) is 15.9. The molecule has 0 atom stereocenters. The summed E-state index contributed by atoms with van der Waals surface area (Å²) >= 11 is 0. The molecule has 0 fully saturated rings. The van der Waals surface area contributed by atoms with Crippen LogP contribution in [0, 0.1) is 0 Å². The Hall–Kier alpha value is -1.12. The molecule has 1 heterocycles. The van der Waals surface area contributed by atoms with Crippen LogP contribution in [0.3, 0.4) is 0 Å². The summed E-state index contributed by atoms with van der Waals surface area (Å²) in [6.07, 6.45) is 1.91. The van der Waals surface area contributed by atoms with E-state index >= 15 is 0 Å². The van der Waals surface area contributed by atoms with E-state index in [4.69, 9.17) is 0 Å². The van der Waals surface area contributed by atoms with Crippen LogP contribution in [0.2, 0.25) is 0 Å². The number of halogens is 2. The molecule has 0 saturated heterocycles. The van der Waals surface area contributed by atoms with E-state index in [2.05, 4.69) is 5.32 Å². The lowest BCUT2D eigenvalue weighted by Gasteiger charge is -2.23. The van der Waals surface area contributed by atoms with E-state index < -0.39 is 5.92 Å². The monoisotopic (exact) mass is 197 g/mol. The van der Waals surface area contributed by atoms with Crippen molar-refractivity contribution in [2.45, 2.75) is 25.7 Å². The van der Waals surface area contributed by atoms with Gasteiger partial charge in [0.15, 0.2) is 0 Å². The first-order chi connectivity index (χ1) is 6.59. The Balaban J connectivity index is 2.51. The highest BCUT2D eigenvalue weighted by Gasteiger charge is 2.29. The third-order valence-corrected chi connectivity index (χ3v) is 2.55. The summed E-state index contributed by atoms with van der Waals surface area (Å²) in [5.41, 5.74) is 1.77. The van der Waals surface area contributed by atoms with Gasteiger partial charge in [-0.1, -0.05) is 18.2 Å². The zero-order valence-corrected chi connectivity index (χ0v) is 8.11. The smallest absolute Gasteiger partial charge is 0.272 e. The van der Waals surface area contributed by atoms with Crippen LogP contribution in [0.1, 0.15) is 24.5 Å². The Kier molecular flexibility index (Phi) is 2.17. The number of anilines is 1. The van der Waals surface area contributed by atoms with Gasteiger partial charge in [0.05, 0.1) is 0 Å². The van der Waals surface area contributed by atoms with Crippen LogP contribution in [0.15, 0.2) is 18.2 Å². The molecule has 1 aliphatic heterocycles. The minimum atomic E-state index is -2.75. The molecule has 2 rings (SSSR count). The Morgan fingerprint density at radius 1 is 1.36 bits per heavy atom. The van der Waals surface area contributed by atoms with Crippen molar-refractivity contribution in [1.29, 1.82) is 0 Å². The molecule has 0 spiro atoms. The maximum Gasteiger partial charge on any atom is 0.272 e. The van der Waals surface area contributed by atoms with Crippen LogP contribution in [-0.4, -0.2) is 6.54 Å². The fraction of sp³-hybridized carbons (Fsp3) is 0.455. The summed E-state index contributed by atoms with van der Waals surface area (Å²) in [6, 6.07) is 5.12. The van der Waals surface area contributed by atoms with Crippen molar-refractivity contribution in [3.8, 4) is 0 Å². The van der Waals surface area contributed by atoms with Crippen molar-refractivity contribution in [2.75, 3.05) is 11.9 Å². The van der Waals surface area contributed by atoms with Crippen molar-refractivity contribution in [3.05, 3.63) is 29.3 Å². The molecule has 1 aromatic rings. The average molecular weight is 197 g/mol. The minimum absolute atomic E-state index is 0.120. The highest BCUT2D eigenvalue weighted by molar-refractivity contribution is 5.60. The highest BCUT2D eigenvalue weighted by atomic mass is 19.3. The molecule has 1 nitrogen and oxygen atoms in total. The molecule has 0 aliphatic carbocycles. The maximum atomic E-state index is 13.2. The molecule has 0 amide bonds. The second-order valence-electron chi connectivity index (χ2n) is 3.76. The quantitative estimate of drug-likeness (QED) is 0.729. The van der Waals surface area contributed by atoms with Gasteiger partial charge >= 0.3 is 0 Å². The van der Waals surface area contributed by atoms with Crippen LogP contribution in [0.5, 0.6) is 0 Å². The molecule has 0 bridgehead atoms. The number of aryl methyl sites for hydroxylation is 1. The number of hydrogen-bond donors (Lipinski definition) is 1. The molecule has 3 heteroatoms. The first-order valence-corrected chi connectivity index (χ1v) is 4.83. The topological polar surface area (TPSA) is 12.0 Å². The van der Waals surface area contributed by atoms with Gasteiger partial charge in [0, 0.05) is 24.7 Å². The van der Waals surface area contributed by atoms with E-state index in [9.17, 15) is 8.78 Å². The summed E-state index contributed by atoms with van der Waals surface area (Å²) in [5, 5.41) is 3.06. The average Bonchev–Trinajstić information content (AvgIpc) is 2.15. The molecule has 1 aromatic carbocycles. The summed E-state index contributed by atoms with van der Waals surface area (Å²) < 4.78 is 26.4. The Labute approximate surface area is 82.1 Å². The van der Waals surface area contributed by atoms with Crippen LogP contribution < -0.4 is 5.32 Å². The number of para-hydroxylation sites is 1. The summed E-state index contributed by atoms with van der Waals surface area (Å²) in [6.45, 7) is 1.74. The Bertz CT molecular complexity index is 342. The van der Waals surface area contributed by atoms with Gasteiger partial charge in [-0.3, -0.25) is 0 Å². The van der Waals surface area contributed by atoms with E-state index in [-0.39, 0.29) is 5.56 Å². The molecule has 0 unspecified atom stereocenters. The lowest BCUT2D eigenvalue weighted by Crippen LogP contribution is -2.18. The van der Waals surface area contributed by atoms with E-state index in [1.807, 2.05) is 6.07 Å². The zero-order valence-electron chi connectivity index (χ0n) is 8.11. The van der Waals surface area contributed by atoms with Crippen molar-refractivity contribution >= 4 is 5.69 Å². The number of nitrogens with one attached hydrogen (secondary N) is 1. The SMILES string of the molecule is CC(F)(F)c1cccc2c1NCCC2. The predicted octanol–water partition coefficient (Wildman–Crippen LogP) is 3.16. The van der Waals surface area contributed by atoms with Crippen LogP contribution in [-0.2, 0) is 12.3 Å². The summed E-state index contributed by atoms with van der Waals surface area (Å²) in [7, 11) is 0. The van der Waals surface area contributed by atoms with Crippen LogP contribution >= 0.6 is 0 Å². The molecule has 14 heavy (non-hydrogen) atoms. The highest BCUT2D eigenvalue weighted by Crippen LogP contribution is 2.36. The molecular formula is C11H13F2N. The largest absolute Gasteiger partial charge is 0.384 e. The minimum Gasteiger partial charge on any atom is -0.384 e. The number of fused-ring (bicyclic) bond motifs is 1. The van der Waals surface area contributed by atoms with Gasteiger partial charge in [0.25, 0.3) is 5.92 Å². The lowest BCUT2D eigenvalue weighted by atomic mass is 9.97. The second-order valence-corrected chi connectivity index (χ2v) is 3.76. The summed E-state index contributed by atoms with van der Waals surface area (Å²) in [4.78, 5) is 0. The third kappa shape index (κ3) is 1.59. The zero-order chi connectivity index (χ0) is 10.2. The second kappa shape index (κ2) is 3.23. The van der Waals surface area contributed by atoms with E-state index in [0.717, 1.165) is 31.9 Å². The van der Waals surface area contributed by atoms with Gasteiger partial charge < -0.3 is 5.32 Å². The third-order valence-electron chi connectivity index (χ3n) is 2.55. The number of hydrogen-bond acceptors (Lipinski definition) is 1.